The largest absolute Gasteiger partial charge is 0.460 e. The van der Waals surface area contributed by atoms with Crippen LogP contribution >= 0.6 is 0 Å². The Morgan fingerprint density at radius 3 is 2.31 bits per heavy atom. The van der Waals surface area contributed by atoms with E-state index >= 15 is 0 Å². The number of tetrazole rings is 1. The number of piperidine rings is 1. The van der Waals surface area contributed by atoms with Crippen LogP contribution in [0.1, 0.15) is 138 Å². The third kappa shape index (κ3) is 14.5. The maximum Gasteiger partial charge on any atom is 0.329 e. The van der Waals surface area contributed by atoms with Crippen molar-refractivity contribution < 1.29 is 57.9 Å². The molecule has 0 spiro atoms. The zero-order valence-electron chi connectivity index (χ0n) is 43.2. The fourth-order valence-electron chi connectivity index (χ4n) is 10.7. The molecule has 2 saturated heterocycles. The number of fused-ring (bicyclic) bond motifs is 3. The Hall–Kier alpha value is -4.26. The van der Waals surface area contributed by atoms with Crippen LogP contribution in [-0.4, -0.2) is 141 Å². The molecule has 4 heterocycles. The summed E-state index contributed by atoms with van der Waals surface area (Å²) in [5.74, 6) is -7.70. The molecule has 17 heteroatoms. The monoisotopic (exact) mass is 980 g/mol. The molecule has 3 fully saturated rings. The average molecular weight is 980 g/mol. The van der Waals surface area contributed by atoms with Crippen molar-refractivity contribution in [3.8, 4) is 0 Å². The van der Waals surface area contributed by atoms with Crippen LogP contribution in [0, 0.1) is 35.5 Å². The van der Waals surface area contributed by atoms with Gasteiger partial charge in [0.1, 0.15) is 36.5 Å². The van der Waals surface area contributed by atoms with Crippen LogP contribution in [0.15, 0.2) is 53.9 Å². The molecule has 1 aromatic rings. The lowest BCUT2D eigenvalue weighted by Crippen LogP contribution is -2.61. The summed E-state index contributed by atoms with van der Waals surface area (Å²) >= 11 is 0. The first kappa shape index (κ1) is 56.7. The molecule has 1 aromatic heterocycles. The van der Waals surface area contributed by atoms with E-state index < -0.39 is 77.8 Å². The Morgan fingerprint density at radius 1 is 0.871 bits per heavy atom. The van der Waals surface area contributed by atoms with Crippen LogP contribution in [0.5, 0.6) is 0 Å². The van der Waals surface area contributed by atoms with Crippen LogP contribution in [0.3, 0.4) is 0 Å². The van der Waals surface area contributed by atoms with Crippen molar-refractivity contribution in [1.82, 2.24) is 25.1 Å². The van der Waals surface area contributed by atoms with Gasteiger partial charge >= 0.3 is 5.97 Å². The van der Waals surface area contributed by atoms with Gasteiger partial charge in [-0.1, -0.05) is 71.1 Å². The highest BCUT2D eigenvalue weighted by Gasteiger charge is 2.53. The number of cyclic esters (lactones) is 1. The van der Waals surface area contributed by atoms with Crippen LogP contribution in [-0.2, 0) is 47.7 Å². The second-order valence-electron chi connectivity index (χ2n) is 20.7. The third-order valence-electron chi connectivity index (χ3n) is 15.5. The summed E-state index contributed by atoms with van der Waals surface area (Å²) in [7, 11) is 4.64. The summed E-state index contributed by atoms with van der Waals surface area (Å²) < 4.78 is 31.6. The molecule has 390 valence electrons. The Labute approximate surface area is 414 Å². The number of nitrogens with zero attached hydrogens (tertiary/aromatic N) is 5. The summed E-state index contributed by atoms with van der Waals surface area (Å²) in [6.07, 6.45) is 15.0. The summed E-state index contributed by atoms with van der Waals surface area (Å²) in [5, 5.41) is 35.2. The quantitative estimate of drug-likeness (QED) is 0.171. The van der Waals surface area contributed by atoms with Crippen molar-refractivity contribution in [2.45, 2.75) is 186 Å². The van der Waals surface area contributed by atoms with E-state index in [1.807, 2.05) is 45.1 Å². The van der Waals surface area contributed by atoms with Gasteiger partial charge in [-0.2, -0.15) is 0 Å². The molecule has 5 rings (SSSR count). The molecule has 17 nitrogen and oxygen atoms in total. The number of carbonyl (C=O) groups excluding carboxylic acids is 5. The van der Waals surface area contributed by atoms with Crippen molar-refractivity contribution >= 4 is 29.2 Å². The Morgan fingerprint density at radius 2 is 1.63 bits per heavy atom. The molecule has 2 bridgehead atoms. The average Bonchev–Trinajstić information content (AvgIpc) is 3.90. The topological polar surface area (TPSA) is 219 Å². The van der Waals surface area contributed by atoms with Gasteiger partial charge in [0.15, 0.2) is 5.78 Å². The smallest absolute Gasteiger partial charge is 0.329 e. The van der Waals surface area contributed by atoms with Gasteiger partial charge in [0, 0.05) is 58.5 Å². The Bertz CT molecular complexity index is 2040. The van der Waals surface area contributed by atoms with Gasteiger partial charge in [0.25, 0.3) is 11.7 Å². The molecule has 3 aliphatic heterocycles. The number of ether oxygens (including phenoxy) is 5. The van der Waals surface area contributed by atoms with Gasteiger partial charge in [0.2, 0.25) is 5.79 Å². The second kappa shape index (κ2) is 26.4. The minimum absolute atomic E-state index is 0.0516. The van der Waals surface area contributed by atoms with E-state index in [0.29, 0.717) is 56.9 Å². The number of hydrogen-bond acceptors (Lipinski definition) is 15. The molecule has 70 heavy (non-hydrogen) atoms. The molecule has 1 saturated carbocycles. The first-order valence-electron chi connectivity index (χ1n) is 25.5. The molecule has 4 aliphatic rings. The maximum atomic E-state index is 14.5. The molecule has 2 N–H and O–H groups in total. The molecular formula is C53H81N5O12. The van der Waals surface area contributed by atoms with Gasteiger partial charge in [0.05, 0.1) is 24.4 Å². The van der Waals surface area contributed by atoms with Crippen LogP contribution in [0.25, 0.3) is 0 Å². The Kier molecular flexibility index (Phi) is 21.4. The fraction of sp³-hybridized carbons (Fsp3) is 0.736. The number of carbonyl (C=O) groups is 5. The van der Waals surface area contributed by atoms with Crippen molar-refractivity contribution in [2.75, 3.05) is 27.9 Å². The van der Waals surface area contributed by atoms with Gasteiger partial charge in [-0.15, -0.1) is 5.10 Å². The van der Waals surface area contributed by atoms with E-state index in [1.165, 1.54) is 12.0 Å². The first-order chi connectivity index (χ1) is 33.3. The number of Topliss-reactive ketones (excluding diaryl/α,β-unsaturated/α-hetero) is 3. The minimum Gasteiger partial charge on any atom is -0.460 e. The SMILES string of the molecule is COC1C(=O)C(C)CC[C@H](C)/C=C/C=C/C=C(\C)[C@@H](OC)C[C@@H]2CC[C@@H](C)[C@@](O)(O2)C(=O)C(=O)N2CCCC[C@H]2C(=O)O[C@H]([C@H](C)C[C@@H]2CC[C@H](n3cnnn3)[C@H](OC)C2)CC(=O)[C@H](C)/C=C(\C)[C@H]1O. The zero-order valence-corrected chi connectivity index (χ0v) is 43.2. The predicted octanol–water partition coefficient (Wildman–Crippen LogP) is 6.44. The van der Waals surface area contributed by atoms with E-state index in [-0.39, 0.29) is 60.9 Å². The lowest BCUT2D eigenvalue weighted by molar-refractivity contribution is -0.265. The van der Waals surface area contributed by atoms with Crippen molar-refractivity contribution in [3.63, 3.8) is 0 Å². The molecule has 0 aromatic carbocycles. The summed E-state index contributed by atoms with van der Waals surface area (Å²) in [6, 6.07) is -1.19. The van der Waals surface area contributed by atoms with E-state index in [9.17, 15) is 34.2 Å². The highest BCUT2D eigenvalue weighted by atomic mass is 16.6. The highest BCUT2D eigenvalue weighted by Crippen LogP contribution is 2.39. The number of amides is 1. The predicted molar refractivity (Wildman–Crippen MR) is 261 cm³/mol. The normalized spacial score (nSPS) is 38.5. The number of methoxy groups -OCH3 is 3. The van der Waals surface area contributed by atoms with E-state index in [2.05, 4.69) is 28.5 Å². The Balaban J connectivity index is 1.45. The molecule has 0 radical (unpaired) electrons. The van der Waals surface area contributed by atoms with Crippen LogP contribution in [0.2, 0.25) is 0 Å². The molecule has 1 aliphatic carbocycles. The highest BCUT2D eigenvalue weighted by molar-refractivity contribution is 6.39. The maximum absolute atomic E-state index is 14.5. The number of esters is 1. The summed E-state index contributed by atoms with van der Waals surface area (Å²) in [4.78, 5) is 72.3. The van der Waals surface area contributed by atoms with Gasteiger partial charge in [-0.3, -0.25) is 19.2 Å². The summed E-state index contributed by atoms with van der Waals surface area (Å²) in [6.45, 7) is 12.9. The number of hydrogen-bond donors (Lipinski definition) is 2. The van der Waals surface area contributed by atoms with E-state index in [4.69, 9.17) is 23.7 Å². The van der Waals surface area contributed by atoms with Crippen LogP contribution < -0.4 is 0 Å². The van der Waals surface area contributed by atoms with Gasteiger partial charge < -0.3 is 38.8 Å². The van der Waals surface area contributed by atoms with Crippen molar-refractivity contribution in [3.05, 3.63) is 53.9 Å². The minimum atomic E-state index is -2.43. The zero-order chi connectivity index (χ0) is 51.3. The number of aliphatic hydroxyl groups excluding tert-OH is 1. The number of aromatic nitrogens is 4. The molecule has 15 atom stereocenters. The number of aliphatic hydroxyl groups is 2. The molecule has 1 amide bonds. The standard InChI is InChI=1S/C53H81N5O12/c1-32-16-12-11-13-17-33(2)44(66-8)29-40-23-21-38(7)53(65,70-40)50(62)51(63)57-25-15-14-18-42(57)52(64)69-45(36(5)27-39-22-24-41(46(28-39)67-9)58-31-54-55-56-58)30-43(59)35(4)26-37(6)48(61)49(68-10)47(60)34(3)20-19-32/h11-13,16-17,26,31-32,34-36,38-42,44-46,48-49,61,65H,14-15,18-25,27-30H2,1-10H3/b13-11+,16-12+,33-17+,37-26+/t32-,34?,35-,36-,38-,39+,40+,41+,42+,44+,45+,46-,48-,49?,53-/m1/s1. The number of allylic oxidation sites excluding steroid dienone is 6. The van der Waals surface area contributed by atoms with Crippen molar-refractivity contribution in [1.29, 1.82) is 0 Å². The van der Waals surface area contributed by atoms with Crippen LogP contribution in [0.4, 0.5) is 0 Å². The van der Waals surface area contributed by atoms with E-state index in [1.54, 1.807) is 52.1 Å². The van der Waals surface area contributed by atoms with Gasteiger partial charge in [-0.05, 0) is 124 Å². The first-order valence-corrected chi connectivity index (χ1v) is 25.5. The molecular weight excluding hydrogens is 899 g/mol. The van der Waals surface area contributed by atoms with Gasteiger partial charge in [-0.25, -0.2) is 9.48 Å². The van der Waals surface area contributed by atoms with Crippen molar-refractivity contribution in [2.24, 2.45) is 35.5 Å². The summed E-state index contributed by atoms with van der Waals surface area (Å²) in [5.41, 5.74) is 1.29. The fourth-order valence-corrected chi connectivity index (χ4v) is 10.7. The third-order valence-corrected chi connectivity index (χ3v) is 15.5. The molecule has 2 unspecified atom stereocenters. The van der Waals surface area contributed by atoms with E-state index in [0.717, 1.165) is 24.8 Å². The lowest BCUT2D eigenvalue weighted by Gasteiger charge is -2.42. The second-order valence-corrected chi connectivity index (χ2v) is 20.7. The lowest BCUT2D eigenvalue weighted by atomic mass is 9.77. The number of ketones is 3. The number of rotatable bonds is 7.